The number of carbonyl (C=O) groups excluding carboxylic acids is 1. The number of aryl methyl sites for hydroxylation is 3. The summed E-state index contributed by atoms with van der Waals surface area (Å²) in [4.78, 5) is 40.5. The van der Waals surface area contributed by atoms with Gasteiger partial charge in [0.15, 0.2) is 0 Å². The Morgan fingerprint density at radius 1 is 1.21 bits per heavy atom. The van der Waals surface area contributed by atoms with Gasteiger partial charge >= 0.3 is 0 Å². The lowest BCUT2D eigenvalue weighted by Gasteiger charge is -2.34. The first-order valence-electron chi connectivity index (χ1n) is 10.2. The van der Waals surface area contributed by atoms with Gasteiger partial charge in [-0.15, -0.1) is 22.7 Å². The highest BCUT2D eigenvalue weighted by molar-refractivity contribution is 7.18. The molecule has 152 valence electrons. The van der Waals surface area contributed by atoms with Crippen molar-refractivity contribution in [1.82, 2.24) is 19.8 Å². The lowest BCUT2D eigenvalue weighted by atomic mass is 9.97. The van der Waals surface area contributed by atoms with Gasteiger partial charge in [-0.05, 0) is 55.2 Å². The van der Waals surface area contributed by atoms with E-state index in [1.807, 2.05) is 23.3 Å². The van der Waals surface area contributed by atoms with Crippen LogP contribution in [0, 0.1) is 6.92 Å². The summed E-state index contributed by atoms with van der Waals surface area (Å²) in [6.45, 7) is 5.60. The summed E-state index contributed by atoms with van der Waals surface area (Å²) >= 11 is 3.21. The summed E-state index contributed by atoms with van der Waals surface area (Å²) in [5.74, 6) is 0.865. The fraction of sp³-hybridized carbons (Fsp3) is 0.476. The zero-order valence-corrected chi connectivity index (χ0v) is 18.1. The highest BCUT2D eigenvalue weighted by atomic mass is 32.1. The Balaban J connectivity index is 1.28. The lowest BCUT2D eigenvalue weighted by Crippen LogP contribution is -2.48. The molecule has 29 heavy (non-hydrogen) atoms. The number of carbonyl (C=O) groups is 1. The van der Waals surface area contributed by atoms with E-state index in [1.54, 1.807) is 11.3 Å². The number of nitrogens with zero attached hydrogens (tertiary/aromatic N) is 3. The molecule has 0 unspecified atom stereocenters. The van der Waals surface area contributed by atoms with Crippen LogP contribution in [0.5, 0.6) is 0 Å². The van der Waals surface area contributed by atoms with Crippen molar-refractivity contribution >= 4 is 38.8 Å². The fourth-order valence-corrected chi connectivity index (χ4v) is 6.51. The topological polar surface area (TPSA) is 69.3 Å². The number of amides is 1. The standard InChI is InChI=1S/C21H24N4O2S2/c1-13-6-11-28-18(13)21(27)25-9-7-24(8-10-25)12-16-22-19(26)17-14-4-2-3-5-15(14)29-20(17)23-16/h6,11H,2-5,7-10,12H2,1H3,(H,22,23,26). The Kier molecular flexibility index (Phi) is 5.01. The molecule has 8 heteroatoms. The zero-order valence-electron chi connectivity index (χ0n) is 16.5. The highest BCUT2D eigenvalue weighted by Crippen LogP contribution is 2.33. The van der Waals surface area contributed by atoms with E-state index in [2.05, 4.69) is 9.88 Å². The molecule has 0 aromatic carbocycles. The predicted octanol–water partition coefficient (Wildman–Crippen LogP) is 3.19. The average Bonchev–Trinajstić information content (AvgIpc) is 3.31. The monoisotopic (exact) mass is 428 g/mol. The van der Waals surface area contributed by atoms with Crippen molar-refractivity contribution in [2.75, 3.05) is 26.2 Å². The van der Waals surface area contributed by atoms with E-state index in [9.17, 15) is 9.59 Å². The van der Waals surface area contributed by atoms with Crippen molar-refractivity contribution in [1.29, 1.82) is 0 Å². The molecule has 1 N–H and O–H groups in total. The molecule has 1 fully saturated rings. The van der Waals surface area contributed by atoms with Crippen LogP contribution in [0.1, 0.15) is 44.3 Å². The minimum absolute atomic E-state index is 0.00591. The Labute approximate surface area is 177 Å². The van der Waals surface area contributed by atoms with Gasteiger partial charge in [0.2, 0.25) is 0 Å². The molecule has 1 aliphatic heterocycles. The average molecular weight is 429 g/mol. The van der Waals surface area contributed by atoms with Crippen LogP contribution in [0.25, 0.3) is 10.2 Å². The van der Waals surface area contributed by atoms with E-state index in [0.29, 0.717) is 19.6 Å². The number of rotatable bonds is 3. The summed E-state index contributed by atoms with van der Waals surface area (Å²) in [6, 6.07) is 1.99. The number of hydrogen-bond donors (Lipinski definition) is 1. The molecule has 0 spiro atoms. The van der Waals surface area contributed by atoms with E-state index in [4.69, 9.17) is 4.98 Å². The first-order chi connectivity index (χ1) is 14.1. The van der Waals surface area contributed by atoms with Crippen molar-refractivity contribution in [3.63, 3.8) is 0 Å². The van der Waals surface area contributed by atoms with Crippen LogP contribution in [0.3, 0.4) is 0 Å². The summed E-state index contributed by atoms with van der Waals surface area (Å²) in [5.41, 5.74) is 2.29. The minimum atomic E-state index is 0.00591. The van der Waals surface area contributed by atoms with Crippen LogP contribution in [-0.4, -0.2) is 51.9 Å². The number of aromatic amines is 1. The lowest BCUT2D eigenvalue weighted by molar-refractivity contribution is 0.0629. The number of piperazine rings is 1. The Hall–Kier alpha value is -2.03. The summed E-state index contributed by atoms with van der Waals surface area (Å²) < 4.78 is 0. The quantitative estimate of drug-likeness (QED) is 0.696. The molecule has 3 aromatic heterocycles. The van der Waals surface area contributed by atoms with Gasteiger partial charge in [-0.3, -0.25) is 14.5 Å². The van der Waals surface area contributed by atoms with Gasteiger partial charge in [-0.25, -0.2) is 4.98 Å². The van der Waals surface area contributed by atoms with E-state index < -0.39 is 0 Å². The predicted molar refractivity (Wildman–Crippen MR) is 117 cm³/mol. The first kappa shape index (κ1) is 19.0. The normalized spacial score (nSPS) is 17.6. The molecule has 3 aromatic rings. The number of H-pyrrole nitrogens is 1. The maximum atomic E-state index is 12.7. The van der Waals surface area contributed by atoms with Gasteiger partial charge in [0.05, 0.1) is 16.8 Å². The molecule has 1 amide bonds. The molecule has 0 radical (unpaired) electrons. The summed E-state index contributed by atoms with van der Waals surface area (Å²) in [5, 5.41) is 2.79. The zero-order chi connectivity index (χ0) is 20.0. The molecule has 0 bridgehead atoms. The van der Waals surface area contributed by atoms with Gasteiger partial charge in [0.1, 0.15) is 10.7 Å². The Bertz CT molecular complexity index is 1120. The van der Waals surface area contributed by atoms with Crippen LogP contribution < -0.4 is 5.56 Å². The van der Waals surface area contributed by atoms with E-state index >= 15 is 0 Å². The van der Waals surface area contributed by atoms with Crippen LogP contribution in [0.15, 0.2) is 16.2 Å². The number of aromatic nitrogens is 2. The van der Waals surface area contributed by atoms with Crippen LogP contribution in [-0.2, 0) is 19.4 Å². The van der Waals surface area contributed by atoms with Crippen LogP contribution in [0.4, 0.5) is 0 Å². The molecular formula is C21H24N4O2S2. The fourth-order valence-electron chi connectivity index (χ4n) is 4.34. The third-order valence-corrected chi connectivity index (χ3v) is 8.15. The smallest absolute Gasteiger partial charge is 0.264 e. The molecule has 0 saturated carbocycles. The highest BCUT2D eigenvalue weighted by Gasteiger charge is 2.25. The molecule has 5 rings (SSSR count). The SMILES string of the molecule is Cc1ccsc1C(=O)N1CCN(Cc2nc3sc4c(c3c(=O)[nH]2)CCCC4)CC1. The summed E-state index contributed by atoms with van der Waals surface area (Å²) in [6.07, 6.45) is 4.44. The summed E-state index contributed by atoms with van der Waals surface area (Å²) in [7, 11) is 0. The van der Waals surface area contributed by atoms with Crippen molar-refractivity contribution in [3.8, 4) is 0 Å². The largest absolute Gasteiger partial charge is 0.335 e. The Morgan fingerprint density at radius 3 is 2.76 bits per heavy atom. The second kappa shape index (κ2) is 7.66. The maximum Gasteiger partial charge on any atom is 0.264 e. The minimum Gasteiger partial charge on any atom is -0.335 e. The molecule has 0 atom stereocenters. The van der Waals surface area contributed by atoms with Gasteiger partial charge < -0.3 is 9.88 Å². The molecule has 1 aliphatic carbocycles. The van der Waals surface area contributed by atoms with E-state index in [-0.39, 0.29) is 11.5 Å². The molecule has 1 saturated heterocycles. The van der Waals surface area contributed by atoms with Gasteiger partial charge in [0, 0.05) is 31.1 Å². The molecular weight excluding hydrogens is 404 g/mol. The molecule has 4 heterocycles. The second-order valence-corrected chi connectivity index (χ2v) is 9.90. The van der Waals surface area contributed by atoms with Crippen molar-refractivity contribution in [2.45, 2.75) is 39.2 Å². The second-order valence-electron chi connectivity index (χ2n) is 7.90. The van der Waals surface area contributed by atoms with Gasteiger partial charge in [0.25, 0.3) is 11.5 Å². The number of fused-ring (bicyclic) bond motifs is 3. The van der Waals surface area contributed by atoms with Crippen molar-refractivity contribution in [2.24, 2.45) is 0 Å². The Morgan fingerprint density at radius 2 is 2.00 bits per heavy atom. The van der Waals surface area contributed by atoms with E-state index in [0.717, 1.165) is 58.8 Å². The van der Waals surface area contributed by atoms with Crippen LogP contribution in [0.2, 0.25) is 0 Å². The third kappa shape index (κ3) is 3.53. The first-order valence-corrected chi connectivity index (χ1v) is 11.9. The number of hydrogen-bond acceptors (Lipinski definition) is 6. The maximum absolute atomic E-state index is 12.7. The number of thiophene rings is 2. The number of nitrogens with one attached hydrogen (secondary N) is 1. The molecule has 2 aliphatic rings. The third-order valence-electron chi connectivity index (χ3n) is 5.96. The van der Waals surface area contributed by atoms with Gasteiger partial charge in [-0.1, -0.05) is 0 Å². The van der Waals surface area contributed by atoms with Crippen molar-refractivity contribution < 1.29 is 4.79 Å². The van der Waals surface area contributed by atoms with Crippen molar-refractivity contribution in [3.05, 3.63) is 48.5 Å². The van der Waals surface area contributed by atoms with Gasteiger partial charge in [-0.2, -0.15) is 0 Å². The molecule has 6 nitrogen and oxygen atoms in total. The van der Waals surface area contributed by atoms with E-state index in [1.165, 1.54) is 28.2 Å². The van der Waals surface area contributed by atoms with Crippen LogP contribution >= 0.6 is 22.7 Å².